The van der Waals surface area contributed by atoms with Gasteiger partial charge in [0.15, 0.2) is 5.96 Å². The van der Waals surface area contributed by atoms with Gasteiger partial charge in [-0.2, -0.15) is 11.8 Å². The molecule has 0 aromatic carbocycles. The van der Waals surface area contributed by atoms with Crippen LogP contribution in [0.25, 0.3) is 0 Å². The Hall–Kier alpha value is -1.48. The van der Waals surface area contributed by atoms with E-state index in [9.17, 15) is 0 Å². The van der Waals surface area contributed by atoms with Crippen LogP contribution in [0, 0.1) is 0 Å². The fraction of sp³-hybridized carbons (Fsp3) is 0.571. The monoisotopic (exact) mass is 436 g/mol. The third kappa shape index (κ3) is 7.37. The zero-order chi connectivity index (χ0) is 20.3. The number of nitrogens with one attached hydrogen (secondary N) is 2. The standard InChI is InChI=1S/C21H32N4O2S2/c1-17-16-25(10-12-26-17)19(20-6-4-13-29-20)15-24-21(23-9-14-28-2)22-8-7-18-5-3-11-27-18/h3-6,11,13,17,19H,7-10,12,14-16H2,1-2H3,(H2,22,23,24). The maximum absolute atomic E-state index is 5.75. The highest BCUT2D eigenvalue weighted by Gasteiger charge is 2.26. The lowest BCUT2D eigenvalue weighted by atomic mass is 10.1. The molecule has 2 atom stereocenters. The molecule has 2 unspecified atom stereocenters. The molecule has 0 spiro atoms. The third-order valence-corrected chi connectivity index (χ3v) is 6.44. The van der Waals surface area contributed by atoms with E-state index in [0.717, 1.165) is 63.2 Å². The van der Waals surface area contributed by atoms with Gasteiger partial charge in [-0.3, -0.25) is 9.89 Å². The molecule has 29 heavy (non-hydrogen) atoms. The molecule has 1 aliphatic rings. The lowest BCUT2D eigenvalue weighted by molar-refractivity contribution is -0.0327. The van der Waals surface area contributed by atoms with Crippen molar-refractivity contribution in [3.8, 4) is 0 Å². The smallest absolute Gasteiger partial charge is 0.191 e. The number of rotatable bonds is 10. The van der Waals surface area contributed by atoms with Gasteiger partial charge < -0.3 is 19.8 Å². The first-order chi connectivity index (χ1) is 14.3. The van der Waals surface area contributed by atoms with E-state index < -0.39 is 0 Å². The van der Waals surface area contributed by atoms with Crippen LogP contribution in [0.3, 0.4) is 0 Å². The molecule has 2 aromatic heterocycles. The second kappa shape index (κ2) is 12.3. The van der Waals surface area contributed by atoms with Crippen LogP contribution < -0.4 is 10.6 Å². The Kier molecular flexibility index (Phi) is 9.40. The maximum atomic E-state index is 5.75. The lowest BCUT2D eigenvalue weighted by Gasteiger charge is -2.36. The number of hydrogen-bond acceptors (Lipinski definition) is 6. The molecule has 0 amide bonds. The summed E-state index contributed by atoms with van der Waals surface area (Å²) in [7, 11) is 0. The fourth-order valence-corrected chi connectivity index (χ4v) is 4.54. The second-order valence-corrected chi connectivity index (χ2v) is 9.04. The van der Waals surface area contributed by atoms with Crippen LogP contribution in [0.15, 0.2) is 45.3 Å². The average Bonchev–Trinajstić information content (AvgIpc) is 3.42. The van der Waals surface area contributed by atoms with Crippen molar-refractivity contribution in [3.63, 3.8) is 0 Å². The van der Waals surface area contributed by atoms with Crippen LogP contribution >= 0.6 is 23.1 Å². The summed E-state index contributed by atoms with van der Waals surface area (Å²) in [6, 6.07) is 8.56. The molecule has 2 N–H and O–H groups in total. The molecule has 3 heterocycles. The fourth-order valence-electron chi connectivity index (χ4n) is 3.38. The number of furan rings is 1. The van der Waals surface area contributed by atoms with Crippen molar-refractivity contribution in [1.29, 1.82) is 0 Å². The first kappa shape index (κ1) is 22.2. The number of guanidine groups is 1. The molecule has 3 rings (SSSR count). The van der Waals surface area contributed by atoms with E-state index in [1.807, 2.05) is 23.9 Å². The van der Waals surface area contributed by atoms with Crippen LogP contribution in [-0.4, -0.2) is 68.3 Å². The molecule has 1 aliphatic heterocycles. The van der Waals surface area contributed by atoms with E-state index in [1.54, 1.807) is 17.6 Å². The van der Waals surface area contributed by atoms with Crippen molar-refractivity contribution in [2.24, 2.45) is 4.99 Å². The zero-order valence-corrected chi connectivity index (χ0v) is 18.9. The lowest BCUT2D eigenvalue weighted by Crippen LogP contribution is -2.44. The van der Waals surface area contributed by atoms with E-state index >= 15 is 0 Å². The van der Waals surface area contributed by atoms with Gasteiger partial charge in [-0.05, 0) is 36.8 Å². The molecular weight excluding hydrogens is 404 g/mol. The van der Waals surface area contributed by atoms with E-state index in [4.69, 9.17) is 14.1 Å². The summed E-state index contributed by atoms with van der Waals surface area (Å²) in [4.78, 5) is 8.82. The average molecular weight is 437 g/mol. The van der Waals surface area contributed by atoms with E-state index in [0.29, 0.717) is 0 Å². The van der Waals surface area contributed by atoms with Gasteiger partial charge in [0.1, 0.15) is 5.76 Å². The minimum atomic E-state index is 0.265. The molecule has 0 saturated carbocycles. The van der Waals surface area contributed by atoms with Gasteiger partial charge in [0.25, 0.3) is 0 Å². The van der Waals surface area contributed by atoms with E-state index in [2.05, 4.69) is 46.2 Å². The van der Waals surface area contributed by atoms with Gasteiger partial charge in [-0.25, -0.2) is 0 Å². The van der Waals surface area contributed by atoms with Crippen LogP contribution in [0.1, 0.15) is 23.6 Å². The highest BCUT2D eigenvalue weighted by Crippen LogP contribution is 2.27. The van der Waals surface area contributed by atoms with E-state index in [-0.39, 0.29) is 12.1 Å². The van der Waals surface area contributed by atoms with Gasteiger partial charge in [0.05, 0.1) is 31.6 Å². The number of nitrogens with zero attached hydrogens (tertiary/aromatic N) is 2. The van der Waals surface area contributed by atoms with Crippen molar-refractivity contribution in [2.75, 3.05) is 51.3 Å². The van der Waals surface area contributed by atoms with Gasteiger partial charge in [0, 0.05) is 43.2 Å². The minimum absolute atomic E-state index is 0.265. The number of thioether (sulfide) groups is 1. The summed E-state index contributed by atoms with van der Waals surface area (Å²) in [6.07, 6.45) is 4.94. The Labute approximate surface area is 182 Å². The minimum Gasteiger partial charge on any atom is -0.469 e. The molecule has 8 heteroatoms. The summed E-state index contributed by atoms with van der Waals surface area (Å²) in [5.41, 5.74) is 0. The SMILES string of the molecule is CSCCNC(=NCC(c1cccs1)N1CCOC(C)C1)NCCc1ccco1. The molecular formula is C21H32N4O2S2. The number of aliphatic imine (C=N–C) groups is 1. The molecule has 0 aliphatic carbocycles. The number of hydrogen-bond donors (Lipinski definition) is 2. The van der Waals surface area contributed by atoms with Crippen molar-refractivity contribution in [1.82, 2.24) is 15.5 Å². The maximum Gasteiger partial charge on any atom is 0.191 e. The molecule has 0 radical (unpaired) electrons. The Balaban J connectivity index is 1.63. The first-order valence-electron chi connectivity index (χ1n) is 10.2. The van der Waals surface area contributed by atoms with Crippen LogP contribution in [0.2, 0.25) is 0 Å². The Morgan fingerprint density at radius 2 is 2.24 bits per heavy atom. The van der Waals surface area contributed by atoms with Gasteiger partial charge in [-0.1, -0.05) is 6.07 Å². The normalized spacial score (nSPS) is 19.2. The van der Waals surface area contributed by atoms with Crippen LogP contribution in [-0.2, 0) is 11.2 Å². The highest BCUT2D eigenvalue weighted by molar-refractivity contribution is 7.98. The number of thiophene rings is 1. The second-order valence-electron chi connectivity index (χ2n) is 7.07. The third-order valence-electron chi connectivity index (χ3n) is 4.85. The van der Waals surface area contributed by atoms with Gasteiger partial charge in [-0.15, -0.1) is 11.3 Å². The quantitative estimate of drug-likeness (QED) is 0.339. The van der Waals surface area contributed by atoms with Crippen molar-refractivity contribution >= 4 is 29.1 Å². The number of morpholine rings is 1. The van der Waals surface area contributed by atoms with E-state index in [1.165, 1.54) is 4.88 Å². The molecule has 1 saturated heterocycles. The molecule has 160 valence electrons. The molecule has 6 nitrogen and oxygen atoms in total. The predicted octanol–water partition coefficient (Wildman–Crippen LogP) is 3.24. The molecule has 1 fully saturated rings. The summed E-state index contributed by atoms with van der Waals surface area (Å²) < 4.78 is 11.2. The van der Waals surface area contributed by atoms with Crippen LogP contribution in [0.5, 0.6) is 0 Å². The number of ether oxygens (including phenoxy) is 1. The largest absolute Gasteiger partial charge is 0.469 e. The summed E-state index contributed by atoms with van der Waals surface area (Å²) >= 11 is 3.64. The van der Waals surface area contributed by atoms with Crippen molar-refractivity contribution in [3.05, 3.63) is 46.5 Å². The predicted molar refractivity (Wildman–Crippen MR) is 123 cm³/mol. The summed E-state index contributed by atoms with van der Waals surface area (Å²) in [5.74, 6) is 2.90. The highest BCUT2D eigenvalue weighted by atomic mass is 32.2. The topological polar surface area (TPSA) is 62.0 Å². The molecule has 0 bridgehead atoms. The Bertz CT molecular complexity index is 706. The molecule has 2 aromatic rings. The van der Waals surface area contributed by atoms with Gasteiger partial charge >= 0.3 is 0 Å². The summed E-state index contributed by atoms with van der Waals surface area (Å²) in [5, 5.41) is 9.07. The zero-order valence-electron chi connectivity index (χ0n) is 17.3. The first-order valence-corrected chi connectivity index (χ1v) is 12.5. The summed E-state index contributed by atoms with van der Waals surface area (Å²) in [6.45, 7) is 7.23. The Morgan fingerprint density at radius 3 is 2.97 bits per heavy atom. The van der Waals surface area contributed by atoms with Crippen molar-refractivity contribution in [2.45, 2.75) is 25.5 Å². The Morgan fingerprint density at radius 1 is 1.34 bits per heavy atom. The van der Waals surface area contributed by atoms with Crippen molar-refractivity contribution < 1.29 is 9.15 Å². The van der Waals surface area contributed by atoms with Gasteiger partial charge in [0.2, 0.25) is 0 Å². The van der Waals surface area contributed by atoms with Crippen LogP contribution in [0.4, 0.5) is 0 Å².